The number of piperazine rings is 1. The van der Waals surface area contributed by atoms with Crippen LogP contribution in [0.15, 0.2) is 9.59 Å². The minimum atomic E-state index is -0.844. The molecule has 0 atom stereocenters. The summed E-state index contributed by atoms with van der Waals surface area (Å²) in [6.07, 6.45) is 2.13. The van der Waals surface area contributed by atoms with Gasteiger partial charge in [-0.15, -0.1) is 0 Å². The lowest BCUT2D eigenvalue weighted by Gasteiger charge is -2.41. The van der Waals surface area contributed by atoms with Gasteiger partial charge in [0.25, 0.3) is 5.56 Å². The average Bonchev–Trinajstić information content (AvgIpc) is 2.65. The molecular weight excluding hydrogens is 376 g/mol. The number of aromatic amines is 1. The number of H-pyrrole nitrogens is 1. The molecule has 162 valence electrons. The molecule has 0 bridgehead atoms. The molecular formula is C19H32N6O4. The SMILES string of the molecule is CCCCN(C(=O)CN1CCNC(=O)C1(C)C)c1c(N)n(CCC)c(=O)[nH]c1=O. The molecule has 0 radical (unpaired) electrons. The number of unbranched alkanes of at least 4 members (excludes halogenated alkanes) is 1. The number of nitrogen functional groups attached to an aromatic ring is 1. The number of nitrogens with two attached hydrogens (primary N) is 1. The lowest BCUT2D eigenvalue weighted by molar-refractivity contribution is -0.136. The number of carbonyl (C=O) groups excluding carboxylic acids is 2. The third-order valence-electron chi connectivity index (χ3n) is 5.31. The smallest absolute Gasteiger partial charge is 0.330 e. The second kappa shape index (κ2) is 9.25. The van der Waals surface area contributed by atoms with Crippen molar-refractivity contribution in [3.05, 3.63) is 20.8 Å². The summed E-state index contributed by atoms with van der Waals surface area (Å²) in [4.78, 5) is 55.5. The first-order chi connectivity index (χ1) is 13.6. The highest BCUT2D eigenvalue weighted by atomic mass is 16.2. The zero-order chi connectivity index (χ0) is 21.8. The Kier molecular flexibility index (Phi) is 7.23. The Labute approximate surface area is 170 Å². The maximum atomic E-state index is 13.2. The fourth-order valence-electron chi connectivity index (χ4n) is 3.43. The third kappa shape index (κ3) is 4.69. The van der Waals surface area contributed by atoms with Gasteiger partial charge in [-0.1, -0.05) is 20.3 Å². The summed E-state index contributed by atoms with van der Waals surface area (Å²) in [5, 5.41) is 2.80. The summed E-state index contributed by atoms with van der Waals surface area (Å²) >= 11 is 0. The molecule has 2 rings (SSSR count). The maximum absolute atomic E-state index is 13.2. The number of aromatic nitrogens is 2. The molecule has 10 heteroatoms. The normalized spacial score (nSPS) is 16.5. The molecule has 2 amide bonds. The summed E-state index contributed by atoms with van der Waals surface area (Å²) in [7, 11) is 0. The van der Waals surface area contributed by atoms with Crippen LogP contribution < -0.4 is 27.2 Å². The Bertz CT molecular complexity index is 872. The van der Waals surface area contributed by atoms with E-state index in [9.17, 15) is 19.2 Å². The summed E-state index contributed by atoms with van der Waals surface area (Å²) in [5.74, 6) is -0.494. The van der Waals surface area contributed by atoms with Crippen molar-refractivity contribution >= 4 is 23.3 Å². The molecule has 1 saturated heterocycles. The summed E-state index contributed by atoms with van der Waals surface area (Å²) < 4.78 is 1.28. The molecule has 10 nitrogen and oxygen atoms in total. The van der Waals surface area contributed by atoms with Gasteiger partial charge < -0.3 is 16.0 Å². The molecule has 29 heavy (non-hydrogen) atoms. The first-order valence-electron chi connectivity index (χ1n) is 10.1. The van der Waals surface area contributed by atoms with Gasteiger partial charge in [-0.3, -0.25) is 28.8 Å². The van der Waals surface area contributed by atoms with Crippen molar-refractivity contribution in [2.24, 2.45) is 0 Å². The van der Waals surface area contributed by atoms with Crippen LogP contribution in [0.1, 0.15) is 47.0 Å². The van der Waals surface area contributed by atoms with Gasteiger partial charge >= 0.3 is 5.69 Å². The first kappa shape index (κ1) is 22.7. The highest BCUT2D eigenvalue weighted by Gasteiger charge is 2.39. The van der Waals surface area contributed by atoms with E-state index in [-0.39, 0.29) is 29.9 Å². The van der Waals surface area contributed by atoms with E-state index in [0.717, 1.165) is 6.42 Å². The number of hydrogen-bond acceptors (Lipinski definition) is 6. The molecule has 1 aromatic heterocycles. The molecule has 1 aromatic rings. The van der Waals surface area contributed by atoms with Crippen LogP contribution in [0.3, 0.4) is 0 Å². The number of nitrogens with zero attached hydrogens (tertiary/aromatic N) is 3. The molecule has 0 unspecified atom stereocenters. The van der Waals surface area contributed by atoms with Gasteiger partial charge in [0.05, 0.1) is 12.1 Å². The summed E-state index contributed by atoms with van der Waals surface area (Å²) in [5.41, 5.74) is 4.04. The van der Waals surface area contributed by atoms with Crippen molar-refractivity contribution in [1.29, 1.82) is 0 Å². The topological polar surface area (TPSA) is 134 Å². The van der Waals surface area contributed by atoms with Gasteiger partial charge in [-0.2, -0.15) is 0 Å². The van der Waals surface area contributed by atoms with Crippen molar-refractivity contribution in [3.63, 3.8) is 0 Å². The van der Waals surface area contributed by atoms with E-state index in [1.165, 1.54) is 9.47 Å². The Balaban J connectivity index is 2.43. The standard InChI is InChI=1S/C19H32N6O4/c1-5-7-10-24(13(26)12-23-11-8-21-17(28)19(23,3)4)14-15(20)25(9-6-2)18(29)22-16(14)27/h5-12,20H2,1-4H3,(H,21,28)(H,22,27,29). The van der Waals surface area contributed by atoms with Crippen LogP contribution >= 0.6 is 0 Å². The van der Waals surface area contributed by atoms with Gasteiger partial charge in [-0.25, -0.2) is 4.79 Å². The van der Waals surface area contributed by atoms with Crippen molar-refractivity contribution in [2.75, 3.05) is 36.8 Å². The number of amides is 2. The van der Waals surface area contributed by atoms with Gasteiger partial charge in [0, 0.05) is 26.2 Å². The third-order valence-corrected chi connectivity index (χ3v) is 5.31. The van der Waals surface area contributed by atoms with Crippen molar-refractivity contribution in [2.45, 2.75) is 59.0 Å². The number of anilines is 2. The van der Waals surface area contributed by atoms with Crippen LogP contribution in [0.4, 0.5) is 11.5 Å². The Morgan fingerprint density at radius 2 is 1.90 bits per heavy atom. The number of rotatable bonds is 8. The largest absolute Gasteiger partial charge is 0.383 e. The van der Waals surface area contributed by atoms with Crippen LogP contribution in [-0.4, -0.2) is 58.0 Å². The van der Waals surface area contributed by atoms with Gasteiger partial charge in [-0.05, 0) is 26.7 Å². The van der Waals surface area contributed by atoms with Crippen LogP contribution in [0, 0.1) is 0 Å². The maximum Gasteiger partial charge on any atom is 0.330 e. The average molecular weight is 409 g/mol. The lowest BCUT2D eigenvalue weighted by Crippen LogP contribution is -2.63. The van der Waals surface area contributed by atoms with Crippen LogP contribution in [0.25, 0.3) is 0 Å². The minimum Gasteiger partial charge on any atom is -0.383 e. The van der Waals surface area contributed by atoms with Gasteiger partial charge in [0.1, 0.15) is 5.82 Å². The van der Waals surface area contributed by atoms with Gasteiger partial charge in [0.2, 0.25) is 11.8 Å². The molecule has 0 saturated carbocycles. The fourth-order valence-corrected chi connectivity index (χ4v) is 3.43. The van der Waals surface area contributed by atoms with E-state index in [2.05, 4.69) is 10.3 Å². The van der Waals surface area contributed by atoms with E-state index in [1.807, 2.05) is 13.8 Å². The lowest BCUT2D eigenvalue weighted by atomic mass is 9.99. The van der Waals surface area contributed by atoms with Crippen LogP contribution in [-0.2, 0) is 16.1 Å². The molecule has 1 aliphatic heterocycles. The zero-order valence-corrected chi connectivity index (χ0v) is 17.7. The quantitative estimate of drug-likeness (QED) is 0.549. The highest BCUT2D eigenvalue weighted by Crippen LogP contribution is 2.21. The van der Waals surface area contributed by atoms with E-state index < -0.39 is 16.8 Å². The van der Waals surface area contributed by atoms with Crippen LogP contribution in [0.2, 0.25) is 0 Å². The minimum absolute atomic E-state index is 0.00392. The Morgan fingerprint density at radius 1 is 1.21 bits per heavy atom. The predicted octanol–water partition coefficient (Wildman–Crippen LogP) is -0.128. The summed E-state index contributed by atoms with van der Waals surface area (Å²) in [6, 6.07) is 0. The molecule has 1 aliphatic rings. The summed E-state index contributed by atoms with van der Waals surface area (Å²) in [6.45, 7) is 8.96. The molecule has 1 fully saturated rings. The molecule has 2 heterocycles. The Morgan fingerprint density at radius 3 is 2.52 bits per heavy atom. The second-order valence-corrected chi connectivity index (χ2v) is 7.78. The van der Waals surface area contributed by atoms with E-state index >= 15 is 0 Å². The predicted molar refractivity (Wildman–Crippen MR) is 112 cm³/mol. The number of nitrogens with one attached hydrogen (secondary N) is 2. The van der Waals surface area contributed by atoms with Crippen molar-refractivity contribution in [3.8, 4) is 0 Å². The van der Waals surface area contributed by atoms with E-state index in [1.54, 1.807) is 18.7 Å². The van der Waals surface area contributed by atoms with Crippen molar-refractivity contribution in [1.82, 2.24) is 19.8 Å². The monoisotopic (exact) mass is 408 g/mol. The van der Waals surface area contributed by atoms with Gasteiger partial charge in [0.15, 0.2) is 5.69 Å². The van der Waals surface area contributed by atoms with E-state index in [4.69, 9.17) is 5.73 Å². The highest BCUT2D eigenvalue weighted by molar-refractivity contribution is 5.97. The van der Waals surface area contributed by atoms with Crippen molar-refractivity contribution < 1.29 is 9.59 Å². The van der Waals surface area contributed by atoms with E-state index in [0.29, 0.717) is 39.0 Å². The molecule has 0 aliphatic carbocycles. The number of carbonyl (C=O) groups is 2. The number of hydrogen-bond donors (Lipinski definition) is 3. The molecule has 4 N–H and O–H groups in total. The zero-order valence-electron chi connectivity index (χ0n) is 17.7. The van der Waals surface area contributed by atoms with Crippen LogP contribution in [0.5, 0.6) is 0 Å². The second-order valence-electron chi connectivity index (χ2n) is 7.78. The molecule has 0 aromatic carbocycles. The first-order valence-corrected chi connectivity index (χ1v) is 10.1. The Hall–Kier alpha value is -2.62. The molecule has 0 spiro atoms. The fraction of sp³-hybridized carbons (Fsp3) is 0.684.